The van der Waals surface area contributed by atoms with Gasteiger partial charge in [-0.1, -0.05) is 40.9 Å². The molecular weight excluding hydrogens is 403 g/mol. The number of rotatable bonds is 2. The molecule has 0 spiro atoms. The van der Waals surface area contributed by atoms with Crippen LogP contribution >= 0.6 is 34.8 Å². The molecule has 0 bridgehead atoms. The molecule has 9 heteroatoms. The molecule has 0 saturated carbocycles. The zero-order chi connectivity index (χ0) is 19.0. The van der Waals surface area contributed by atoms with Gasteiger partial charge in [0.25, 0.3) is 11.8 Å². The van der Waals surface area contributed by atoms with Crippen LogP contribution in [0.4, 0.5) is 10.5 Å². The van der Waals surface area contributed by atoms with E-state index in [4.69, 9.17) is 34.8 Å². The Hall–Kier alpha value is -2.54. The molecule has 132 valence electrons. The maximum atomic E-state index is 12.7. The first kappa shape index (κ1) is 18.3. The van der Waals surface area contributed by atoms with Gasteiger partial charge in [-0.2, -0.15) is 0 Å². The third kappa shape index (κ3) is 3.39. The number of hydrogen-bond acceptors (Lipinski definition) is 4. The molecule has 4 amide bonds. The van der Waals surface area contributed by atoms with Crippen molar-refractivity contribution in [3.63, 3.8) is 0 Å². The van der Waals surface area contributed by atoms with Crippen LogP contribution < -0.4 is 10.2 Å². The van der Waals surface area contributed by atoms with Crippen LogP contribution in [-0.4, -0.2) is 23.0 Å². The SMILES string of the molecule is O=C1NC(=O)N(c2ccc(Cl)c(Cl)c2)C(=O)/C1=C/c1ccc(O)c(Cl)c1. The van der Waals surface area contributed by atoms with Crippen LogP contribution in [0.15, 0.2) is 42.0 Å². The maximum absolute atomic E-state index is 12.7. The van der Waals surface area contributed by atoms with Crippen LogP contribution in [0.25, 0.3) is 6.08 Å². The summed E-state index contributed by atoms with van der Waals surface area (Å²) in [6.45, 7) is 0. The largest absolute Gasteiger partial charge is 0.506 e. The van der Waals surface area contributed by atoms with E-state index in [1.807, 2.05) is 0 Å². The summed E-state index contributed by atoms with van der Waals surface area (Å²) in [7, 11) is 0. The molecule has 2 aromatic rings. The molecule has 0 unspecified atom stereocenters. The molecular formula is C17H9Cl3N2O4. The topological polar surface area (TPSA) is 86.7 Å². The lowest BCUT2D eigenvalue weighted by molar-refractivity contribution is -0.122. The lowest BCUT2D eigenvalue weighted by atomic mass is 10.1. The second-order valence-corrected chi connectivity index (χ2v) is 6.49. The molecule has 1 fully saturated rings. The number of barbiturate groups is 1. The number of phenolic OH excluding ortho intramolecular Hbond substituents is 1. The highest BCUT2D eigenvalue weighted by atomic mass is 35.5. The third-order valence-electron chi connectivity index (χ3n) is 3.55. The number of benzene rings is 2. The third-order valence-corrected chi connectivity index (χ3v) is 4.59. The Labute approximate surface area is 162 Å². The predicted octanol–water partition coefficient (Wildman–Crippen LogP) is 4.02. The van der Waals surface area contributed by atoms with Gasteiger partial charge in [0.05, 0.1) is 20.8 Å². The number of halogens is 3. The molecule has 1 aliphatic rings. The van der Waals surface area contributed by atoms with Crippen molar-refractivity contribution >= 4 is 64.4 Å². The van der Waals surface area contributed by atoms with Crippen LogP contribution in [0, 0.1) is 0 Å². The van der Waals surface area contributed by atoms with Gasteiger partial charge in [0, 0.05) is 0 Å². The summed E-state index contributed by atoms with van der Waals surface area (Å²) < 4.78 is 0. The highest BCUT2D eigenvalue weighted by Gasteiger charge is 2.37. The van der Waals surface area contributed by atoms with Gasteiger partial charge in [-0.05, 0) is 42.0 Å². The van der Waals surface area contributed by atoms with E-state index in [-0.39, 0.29) is 32.1 Å². The minimum absolute atomic E-state index is 0.0560. The standard InChI is InChI=1S/C17H9Cl3N2O4/c18-11-3-2-9(7-12(11)19)22-16(25)10(15(24)21-17(22)26)5-8-1-4-14(23)13(20)6-8/h1-7,23H,(H,21,24,26)/b10-5+. The molecule has 0 atom stereocenters. The van der Waals surface area contributed by atoms with Gasteiger partial charge in [-0.15, -0.1) is 0 Å². The van der Waals surface area contributed by atoms with Gasteiger partial charge in [-0.25, -0.2) is 9.69 Å². The number of nitrogens with zero attached hydrogens (tertiary/aromatic N) is 1. The van der Waals surface area contributed by atoms with Crippen molar-refractivity contribution in [3.8, 4) is 5.75 Å². The summed E-state index contributed by atoms with van der Waals surface area (Å²) >= 11 is 17.6. The van der Waals surface area contributed by atoms with E-state index in [2.05, 4.69) is 5.32 Å². The number of phenols is 1. The minimum Gasteiger partial charge on any atom is -0.506 e. The lowest BCUT2D eigenvalue weighted by Crippen LogP contribution is -2.54. The zero-order valence-corrected chi connectivity index (χ0v) is 15.1. The lowest BCUT2D eigenvalue weighted by Gasteiger charge is -2.26. The molecule has 0 radical (unpaired) electrons. The maximum Gasteiger partial charge on any atom is 0.335 e. The second-order valence-electron chi connectivity index (χ2n) is 5.27. The Kier molecular flexibility index (Phi) is 4.91. The van der Waals surface area contributed by atoms with Crippen molar-refractivity contribution < 1.29 is 19.5 Å². The zero-order valence-electron chi connectivity index (χ0n) is 12.8. The first-order valence-corrected chi connectivity index (χ1v) is 8.26. The Balaban J connectivity index is 2.03. The van der Waals surface area contributed by atoms with Crippen molar-refractivity contribution in [1.82, 2.24) is 5.32 Å². The van der Waals surface area contributed by atoms with Crippen molar-refractivity contribution in [1.29, 1.82) is 0 Å². The van der Waals surface area contributed by atoms with E-state index in [1.54, 1.807) is 0 Å². The number of carbonyl (C=O) groups is 3. The fourth-order valence-corrected chi connectivity index (χ4v) is 2.78. The number of hydrogen-bond donors (Lipinski definition) is 2. The fraction of sp³-hybridized carbons (Fsp3) is 0. The second kappa shape index (κ2) is 6.99. The van der Waals surface area contributed by atoms with Crippen molar-refractivity contribution in [2.24, 2.45) is 0 Å². The van der Waals surface area contributed by atoms with Crippen LogP contribution in [0.2, 0.25) is 15.1 Å². The highest BCUT2D eigenvalue weighted by molar-refractivity contribution is 6.43. The smallest absolute Gasteiger partial charge is 0.335 e. The van der Waals surface area contributed by atoms with E-state index in [9.17, 15) is 19.5 Å². The Morgan fingerprint density at radius 3 is 2.31 bits per heavy atom. The average molecular weight is 412 g/mol. The molecule has 2 N–H and O–H groups in total. The quantitative estimate of drug-likeness (QED) is 0.577. The number of nitrogens with one attached hydrogen (secondary N) is 1. The summed E-state index contributed by atoms with van der Waals surface area (Å²) in [6.07, 6.45) is 1.26. The highest BCUT2D eigenvalue weighted by Crippen LogP contribution is 2.30. The molecule has 1 heterocycles. The number of amides is 4. The van der Waals surface area contributed by atoms with Crippen molar-refractivity contribution in [2.45, 2.75) is 0 Å². The summed E-state index contributed by atoms with van der Waals surface area (Å²) in [5.74, 6) is -1.82. The van der Waals surface area contributed by atoms with Gasteiger partial charge >= 0.3 is 6.03 Å². The molecule has 0 aromatic heterocycles. The van der Waals surface area contributed by atoms with Crippen LogP contribution in [0.5, 0.6) is 5.75 Å². The Morgan fingerprint density at radius 1 is 0.923 bits per heavy atom. The summed E-state index contributed by atoms with van der Waals surface area (Å²) in [6, 6.07) is 7.46. The summed E-state index contributed by atoms with van der Waals surface area (Å²) in [5, 5.41) is 12.0. The summed E-state index contributed by atoms with van der Waals surface area (Å²) in [4.78, 5) is 37.7. The number of anilines is 1. The normalized spacial score (nSPS) is 16.2. The van der Waals surface area contributed by atoms with E-state index in [0.717, 1.165) is 4.90 Å². The first-order chi connectivity index (χ1) is 12.3. The molecule has 0 aliphatic carbocycles. The first-order valence-electron chi connectivity index (χ1n) is 7.13. The molecule has 1 saturated heterocycles. The predicted molar refractivity (Wildman–Crippen MR) is 98.6 cm³/mol. The minimum atomic E-state index is -0.903. The van der Waals surface area contributed by atoms with E-state index in [0.29, 0.717) is 5.56 Å². The van der Waals surface area contributed by atoms with Crippen molar-refractivity contribution in [3.05, 3.63) is 62.6 Å². The monoisotopic (exact) mass is 410 g/mol. The molecule has 3 rings (SSSR count). The van der Waals surface area contributed by atoms with Gasteiger partial charge in [0.2, 0.25) is 0 Å². The number of imide groups is 2. The van der Waals surface area contributed by atoms with E-state index in [1.165, 1.54) is 42.5 Å². The number of carbonyl (C=O) groups excluding carboxylic acids is 3. The fourth-order valence-electron chi connectivity index (χ4n) is 2.30. The number of urea groups is 1. The number of aromatic hydroxyl groups is 1. The van der Waals surface area contributed by atoms with Gasteiger partial charge < -0.3 is 5.11 Å². The van der Waals surface area contributed by atoms with E-state index >= 15 is 0 Å². The van der Waals surface area contributed by atoms with Crippen LogP contribution in [0.3, 0.4) is 0 Å². The summed E-state index contributed by atoms with van der Waals surface area (Å²) in [5.41, 5.74) is 0.274. The van der Waals surface area contributed by atoms with Crippen molar-refractivity contribution in [2.75, 3.05) is 4.90 Å². The van der Waals surface area contributed by atoms with Crippen LogP contribution in [0.1, 0.15) is 5.56 Å². The molecule has 1 aliphatic heterocycles. The van der Waals surface area contributed by atoms with Gasteiger partial charge in [0.1, 0.15) is 11.3 Å². The van der Waals surface area contributed by atoms with Gasteiger partial charge in [0.15, 0.2) is 0 Å². The Morgan fingerprint density at radius 2 is 1.65 bits per heavy atom. The van der Waals surface area contributed by atoms with Gasteiger partial charge in [-0.3, -0.25) is 14.9 Å². The Bertz CT molecular complexity index is 988. The molecule has 26 heavy (non-hydrogen) atoms. The average Bonchev–Trinajstić information content (AvgIpc) is 2.57. The molecule has 6 nitrogen and oxygen atoms in total. The molecule has 2 aromatic carbocycles. The van der Waals surface area contributed by atoms with Crippen LogP contribution in [-0.2, 0) is 9.59 Å². The van der Waals surface area contributed by atoms with E-state index < -0.39 is 17.8 Å².